The maximum Gasteiger partial charge on any atom is 0.315 e. The van der Waals surface area contributed by atoms with E-state index in [1.807, 2.05) is 0 Å². The number of amidine groups is 2. The van der Waals surface area contributed by atoms with Crippen LogP contribution >= 0.6 is 23.5 Å². The second-order valence-electron chi connectivity index (χ2n) is 6.38. The summed E-state index contributed by atoms with van der Waals surface area (Å²) in [6.07, 6.45) is 0. The van der Waals surface area contributed by atoms with Crippen molar-refractivity contribution in [2.45, 2.75) is 22.6 Å². The van der Waals surface area contributed by atoms with Crippen molar-refractivity contribution < 1.29 is 26.4 Å². The number of nitrogens with zero attached hydrogens (tertiary/aromatic N) is 2. The standard InChI is InChI=1S/C12H14N4O6S4/c17-9(15-11-13-5-1-25(19,20)3-7(5)23-11)10(18)16-12-14-6-2-26(21,22)4-8(6)24-12/h5-8H,1-4H2,(H,13,15,17)(H,14,16,18)/t5-,6-,7+,8+/m1/s1. The van der Waals surface area contributed by atoms with Crippen LogP contribution in [0.2, 0.25) is 0 Å². The fourth-order valence-electron chi connectivity index (χ4n) is 3.14. The molecule has 26 heavy (non-hydrogen) atoms. The minimum Gasteiger partial charge on any atom is -0.297 e. The highest BCUT2D eigenvalue weighted by Crippen LogP contribution is 2.34. The molecule has 2 N–H and O–H groups in total. The first kappa shape index (κ1) is 18.3. The van der Waals surface area contributed by atoms with Gasteiger partial charge in [-0.15, -0.1) is 0 Å². The van der Waals surface area contributed by atoms with E-state index in [0.717, 1.165) is 23.5 Å². The zero-order valence-corrected chi connectivity index (χ0v) is 16.4. The van der Waals surface area contributed by atoms with E-state index in [2.05, 4.69) is 20.6 Å². The number of amides is 2. The van der Waals surface area contributed by atoms with Gasteiger partial charge in [0, 0.05) is 10.5 Å². The number of thioether (sulfide) groups is 2. The molecular formula is C12H14N4O6S4. The summed E-state index contributed by atoms with van der Waals surface area (Å²) in [5.41, 5.74) is 0. The monoisotopic (exact) mass is 438 g/mol. The average Bonchev–Trinajstić information content (AvgIpc) is 3.14. The predicted octanol–water partition coefficient (Wildman–Crippen LogP) is -2.24. The van der Waals surface area contributed by atoms with Gasteiger partial charge in [0.25, 0.3) is 0 Å². The quantitative estimate of drug-likeness (QED) is 0.403. The molecule has 4 rings (SSSR count). The number of hydrogen-bond acceptors (Lipinski definition) is 10. The summed E-state index contributed by atoms with van der Waals surface area (Å²) in [4.78, 5) is 32.3. The average molecular weight is 439 g/mol. The summed E-state index contributed by atoms with van der Waals surface area (Å²) in [5, 5.41) is 4.77. The van der Waals surface area contributed by atoms with E-state index in [4.69, 9.17) is 0 Å². The predicted molar refractivity (Wildman–Crippen MR) is 98.8 cm³/mol. The van der Waals surface area contributed by atoms with Crippen molar-refractivity contribution in [3.63, 3.8) is 0 Å². The number of hydrogen-bond donors (Lipinski definition) is 2. The molecule has 0 unspecified atom stereocenters. The molecule has 4 aliphatic rings. The molecule has 142 valence electrons. The summed E-state index contributed by atoms with van der Waals surface area (Å²) in [6.45, 7) is 0. The number of carbonyl (C=O) groups excluding carboxylic acids is 2. The zero-order valence-electron chi connectivity index (χ0n) is 13.1. The molecule has 2 fully saturated rings. The SMILES string of the molecule is O=C(NC1=N[C@@H]2CS(=O)(=O)C[C@@H]2S1)C(=O)NC1=N[C@@H]2CS(=O)(=O)C[C@@H]2S1. The lowest BCUT2D eigenvalue weighted by Gasteiger charge is -2.07. The van der Waals surface area contributed by atoms with Crippen molar-refractivity contribution in [3.8, 4) is 0 Å². The van der Waals surface area contributed by atoms with Crippen molar-refractivity contribution in [2.24, 2.45) is 9.98 Å². The van der Waals surface area contributed by atoms with Gasteiger partial charge < -0.3 is 0 Å². The molecule has 0 saturated carbocycles. The van der Waals surface area contributed by atoms with Gasteiger partial charge in [-0.25, -0.2) is 16.8 Å². The minimum absolute atomic E-state index is 0.0104. The van der Waals surface area contributed by atoms with Crippen molar-refractivity contribution in [1.82, 2.24) is 10.6 Å². The van der Waals surface area contributed by atoms with Crippen LogP contribution in [0.3, 0.4) is 0 Å². The summed E-state index contributed by atoms with van der Waals surface area (Å²) < 4.78 is 46.0. The number of nitrogens with one attached hydrogen (secondary N) is 2. The van der Waals surface area contributed by atoms with Crippen molar-refractivity contribution in [3.05, 3.63) is 0 Å². The highest BCUT2D eigenvalue weighted by molar-refractivity contribution is 8.15. The Bertz CT molecular complexity index is 878. The topological polar surface area (TPSA) is 151 Å². The van der Waals surface area contributed by atoms with Gasteiger partial charge in [-0.3, -0.25) is 30.2 Å². The van der Waals surface area contributed by atoms with Crippen LogP contribution in [0.5, 0.6) is 0 Å². The maximum absolute atomic E-state index is 12.0. The third kappa shape index (κ3) is 3.64. The Morgan fingerprint density at radius 1 is 0.769 bits per heavy atom. The van der Waals surface area contributed by atoms with E-state index < -0.39 is 31.5 Å². The molecule has 0 aromatic rings. The fraction of sp³-hybridized carbons (Fsp3) is 0.667. The molecule has 14 heteroatoms. The van der Waals surface area contributed by atoms with Crippen LogP contribution in [0.15, 0.2) is 9.98 Å². The maximum atomic E-state index is 12.0. The van der Waals surface area contributed by atoms with Crippen LogP contribution in [0.4, 0.5) is 0 Å². The van der Waals surface area contributed by atoms with Crippen LogP contribution in [0.25, 0.3) is 0 Å². The van der Waals surface area contributed by atoms with Crippen molar-refractivity contribution in [1.29, 1.82) is 0 Å². The summed E-state index contributed by atoms with van der Waals surface area (Å²) in [6, 6.07) is -0.779. The van der Waals surface area contributed by atoms with Crippen LogP contribution in [-0.2, 0) is 29.3 Å². The van der Waals surface area contributed by atoms with Gasteiger partial charge >= 0.3 is 11.8 Å². The van der Waals surface area contributed by atoms with Crippen LogP contribution < -0.4 is 10.6 Å². The number of rotatable bonds is 0. The Balaban J connectivity index is 1.32. The van der Waals surface area contributed by atoms with Crippen LogP contribution in [-0.4, -0.2) is 84.6 Å². The molecule has 2 saturated heterocycles. The lowest BCUT2D eigenvalue weighted by Crippen LogP contribution is -2.43. The van der Waals surface area contributed by atoms with E-state index in [9.17, 15) is 26.4 Å². The van der Waals surface area contributed by atoms with Gasteiger partial charge in [-0.05, 0) is 0 Å². The fourth-order valence-corrected chi connectivity index (χ4v) is 10.4. The Labute approximate surface area is 157 Å². The first-order chi connectivity index (χ1) is 12.1. The molecule has 10 nitrogen and oxygen atoms in total. The van der Waals surface area contributed by atoms with E-state index >= 15 is 0 Å². The lowest BCUT2D eigenvalue weighted by molar-refractivity contribution is -0.137. The van der Waals surface area contributed by atoms with E-state index in [0.29, 0.717) is 0 Å². The Morgan fingerprint density at radius 3 is 1.50 bits per heavy atom. The third-order valence-electron chi connectivity index (χ3n) is 4.28. The normalized spacial score (nSPS) is 36.0. The lowest BCUT2D eigenvalue weighted by atomic mass is 10.3. The van der Waals surface area contributed by atoms with Gasteiger partial charge in [-0.1, -0.05) is 23.5 Å². The van der Waals surface area contributed by atoms with E-state index in [-0.39, 0.29) is 55.9 Å². The molecule has 0 radical (unpaired) electrons. The molecule has 4 aliphatic heterocycles. The van der Waals surface area contributed by atoms with E-state index in [1.165, 1.54) is 0 Å². The second kappa shape index (κ2) is 6.21. The Morgan fingerprint density at radius 2 is 1.15 bits per heavy atom. The third-order valence-corrected chi connectivity index (χ3v) is 10.6. The molecule has 0 bridgehead atoms. The number of sulfone groups is 2. The van der Waals surface area contributed by atoms with Crippen molar-refractivity contribution in [2.75, 3.05) is 23.0 Å². The number of fused-ring (bicyclic) bond motifs is 2. The Kier molecular flexibility index (Phi) is 4.36. The number of aliphatic imine (C=N–C) groups is 2. The highest BCUT2D eigenvalue weighted by Gasteiger charge is 2.44. The second-order valence-corrected chi connectivity index (χ2v) is 13.1. The first-order valence-electron chi connectivity index (χ1n) is 7.62. The molecule has 2 amide bonds. The molecular weight excluding hydrogens is 424 g/mol. The Hall–Kier alpha value is -1.12. The molecule has 0 spiro atoms. The molecule has 4 atom stereocenters. The minimum atomic E-state index is -3.09. The van der Waals surface area contributed by atoms with Gasteiger partial charge in [-0.2, -0.15) is 0 Å². The molecule has 0 aromatic heterocycles. The van der Waals surface area contributed by atoms with Gasteiger partial charge in [0.15, 0.2) is 30.0 Å². The van der Waals surface area contributed by atoms with Crippen LogP contribution in [0, 0.1) is 0 Å². The molecule has 0 aromatic carbocycles. The first-order valence-corrected chi connectivity index (χ1v) is 13.0. The largest absolute Gasteiger partial charge is 0.315 e. The summed E-state index contributed by atoms with van der Waals surface area (Å²) in [7, 11) is -6.17. The van der Waals surface area contributed by atoms with Gasteiger partial charge in [0.1, 0.15) is 0 Å². The van der Waals surface area contributed by atoms with Gasteiger partial charge in [0.2, 0.25) is 0 Å². The number of carbonyl (C=O) groups is 2. The molecule has 4 heterocycles. The highest BCUT2D eigenvalue weighted by atomic mass is 32.2. The van der Waals surface area contributed by atoms with Gasteiger partial charge in [0.05, 0.1) is 35.1 Å². The summed E-state index contributed by atoms with van der Waals surface area (Å²) >= 11 is 2.28. The van der Waals surface area contributed by atoms with Crippen molar-refractivity contribution >= 4 is 65.3 Å². The smallest absolute Gasteiger partial charge is 0.297 e. The molecule has 0 aliphatic carbocycles. The van der Waals surface area contributed by atoms with Crippen LogP contribution in [0.1, 0.15) is 0 Å². The summed E-state index contributed by atoms with van der Waals surface area (Å²) in [5.74, 6) is -1.92. The zero-order chi connectivity index (χ0) is 18.7. The van der Waals surface area contributed by atoms with E-state index in [1.54, 1.807) is 0 Å².